The number of rotatable bonds is 2. The third-order valence-electron chi connectivity index (χ3n) is 3.16. The minimum absolute atomic E-state index is 0.0401. The number of carbonyl (C=O) groups excluding carboxylic acids is 2. The number of benzene rings is 1. The first-order chi connectivity index (χ1) is 10.1. The number of nitrogens with one attached hydrogen (secondary N) is 2. The molecule has 0 aliphatic carbocycles. The van der Waals surface area contributed by atoms with Gasteiger partial charge in [0.05, 0.1) is 11.3 Å². The molecule has 0 spiro atoms. The number of hydrogen-bond acceptors (Lipinski definition) is 4. The van der Waals surface area contributed by atoms with Crippen molar-refractivity contribution in [3.8, 4) is 5.75 Å². The average Bonchev–Trinajstić information content (AvgIpc) is 2.49. The minimum atomic E-state index is -0.313. The van der Waals surface area contributed by atoms with Gasteiger partial charge in [0.2, 0.25) is 0 Å². The first-order valence-electron chi connectivity index (χ1n) is 6.43. The van der Waals surface area contributed by atoms with Crippen molar-refractivity contribution in [1.29, 1.82) is 0 Å². The first kappa shape index (κ1) is 13.1. The van der Waals surface area contributed by atoms with Gasteiger partial charge >= 0.3 is 0 Å². The van der Waals surface area contributed by atoms with Gasteiger partial charge in [-0.15, -0.1) is 0 Å². The summed E-state index contributed by atoms with van der Waals surface area (Å²) in [6, 6.07) is 6.78. The third kappa shape index (κ3) is 2.55. The highest BCUT2D eigenvalue weighted by atomic mass is 16.5. The fraction of sp³-hybridized carbons (Fsp3) is 0.133. The monoisotopic (exact) mass is 283 g/mol. The molecular formula is C15H13N3O3. The van der Waals surface area contributed by atoms with E-state index in [0.29, 0.717) is 22.7 Å². The molecule has 2 aromatic rings. The molecule has 0 saturated heterocycles. The van der Waals surface area contributed by atoms with Gasteiger partial charge in [-0.1, -0.05) is 6.07 Å². The predicted octanol–water partition coefficient (Wildman–Crippen LogP) is 1.97. The summed E-state index contributed by atoms with van der Waals surface area (Å²) in [7, 11) is 0. The van der Waals surface area contributed by atoms with Crippen molar-refractivity contribution < 1.29 is 14.3 Å². The van der Waals surface area contributed by atoms with Gasteiger partial charge in [-0.25, -0.2) is 0 Å². The summed E-state index contributed by atoms with van der Waals surface area (Å²) >= 11 is 0. The van der Waals surface area contributed by atoms with E-state index in [1.165, 1.54) is 0 Å². The van der Waals surface area contributed by atoms with E-state index in [1.807, 2.05) is 6.92 Å². The molecule has 21 heavy (non-hydrogen) atoms. The van der Waals surface area contributed by atoms with Gasteiger partial charge in [-0.05, 0) is 30.7 Å². The number of pyridine rings is 1. The molecule has 3 rings (SSSR count). The van der Waals surface area contributed by atoms with Crippen molar-refractivity contribution in [2.75, 3.05) is 17.2 Å². The van der Waals surface area contributed by atoms with Crippen LogP contribution in [0.15, 0.2) is 36.7 Å². The fourth-order valence-electron chi connectivity index (χ4n) is 2.09. The molecule has 1 aromatic heterocycles. The first-order valence-corrected chi connectivity index (χ1v) is 6.43. The number of nitrogens with zero attached hydrogens (tertiary/aromatic N) is 1. The molecule has 2 heterocycles. The zero-order chi connectivity index (χ0) is 14.8. The van der Waals surface area contributed by atoms with Crippen molar-refractivity contribution in [3.63, 3.8) is 0 Å². The van der Waals surface area contributed by atoms with Crippen molar-refractivity contribution in [1.82, 2.24) is 4.98 Å². The Balaban J connectivity index is 1.92. The summed E-state index contributed by atoms with van der Waals surface area (Å²) < 4.78 is 5.30. The van der Waals surface area contributed by atoms with Crippen LogP contribution in [0.25, 0.3) is 0 Å². The maximum Gasteiger partial charge on any atom is 0.262 e. The molecule has 0 unspecified atom stereocenters. The number of fused-ring (bicyclic) bond motifs is 1. The summed E-state index contributed by atoms with van der Waals surface area (Å²) in [5, 5.41) is 5.48. The molecule has 2 amide bonds. The zero-order valence-corrected chi connectivity index (χ0v) is 11.3. The van der Waals surface area contributed by atoms with E-state index in [2.05, 4.69) is 15.6 Å². The Kier molecular flexibility index (Phi) is 3.27. The summed E-state index contributed by atoms with van der Waals surface area (Å²) in [6.45, 7) is 1.81. The van der Waals surface area contributed by atoms with Crippen LogP contribution in [0, 0.1) is 6.92 Å². The van der Waals surface area contributed by atoms with Crippen LogP contribution in [0.4, 0.5) is 11.4 Å². The molecule has 0 radical (unpaired) electrons. The van der Waals surface area contributed by atoms with Crippen molar-refractivity contribution in [2.24, 2.45) is 0 Å². The average molecular weight is 283 g/mol. The Hall–Kier alpha value is -2.89. The summed E-state index contributed by atoms with van der Waals surface area (Å²) in [5.41, 5.74) is 2.29. The highest BCUT2D eigenvalue weighted by Crippen LogP contribution is 2.31. The van der Waals surface area contributed by atoms with Gasteiger partial charge in [0, 0.05) is 18.1 Å². The molecular weight excluding hydrogens is 270 g/mol. The highest BCUT2D eigenvalue weighted by Gasteiger charge is 2.22. The normalized spacial score (nSPS) is 12.9. The van der Waals surface area contributed by atoms with Crippen LogP contribution in [-0.4, -0.2) is 23.4 Å². The van der Waals surface area contributed by atoms with Gasteiger partial charge in [0.1, 0.15) is 5.75 Å². The van der Waals surface area contributed by atoms with Crippen LogP contribution in [-0.2, 0) is 4.79 Å². The number of ether oxygens (including phenoxy) is 1. The largest absolute Gasteiger partial charge is 0.482 e. The number of amides is 2. The summed E-state index contributed by atoms with van der Waals surface area (Å²) in [5.74, 6) is -0.0940. The second-order valence-electron chi connectivity index (χ2n) is 4.66. The SMILES string of the molecule is Cc1cnccc1NC(=O)c1cccc2c1NC(=O)CO2. The van der Waals surface area contributed by atoms with Gasteiger partial charge in [-0.3, -0.25) is 14.6 Å². The van der Waals surface area contributed by atoms with Crippen LogP contribution >= 0.6 is 0 Å². The zero-order valence-electron chi connectivity index (χ0n) is 11.3. The molecule has 6 heteroatoms. The molecule has 2 N–H and O–H groups in total. The molecule has 0 bridgehead atoms. The van der Waals surface area contributed by atoms with Crippen molar-refractivity contribution >= 4 is 23.2 Å². The van der Waals surface area contributed by atoms with E-state index in [9.17, 15) is 9.59 Å². The molecule has 1 aromatic carbocycles. The lowest BCUT2D eigenvalue weighted by atomic mass is 10.1. The Morgan fingerprint density at radius 1 is 1.38 bits per heavy atom. The van der Waals surface area contributed by atoms with Crippen LogP contribution < -0.4 is 15.4 Å². The maximum atomic E-state index is 12.4. The van der Waals surface area contributed by atoms with E-state index in [4.69, 9.17) is 4.74 Å². The molecule has 0 fully saturated rings. The number of aromatic nitrogens is 1. The molecule has 1 aliphatic rings. The van der Waals surface area contributed by atoms with E-state index in [1.54, 1.807) is 36.7 Å². The topological polar surface area (TPSA) is 80.3 Å². The molecule has 106 valence electrons. The Morgan fingerprint density at radius 2 is 2.24 bits per heavy atom. The molecule has 1 aliphatic heterocycles. The van der Waals surface area contributed by atoms with Crippen LogP contribution in [0.1, 0.15) is 15.9 Å². The lowest BCUT2D eigenvalue weighted by Crippen LogP contribution is -2.27. The van der Waals surface area contributed by atoms with Gasteiger partial charge in [-0.2, -0.15) is 0 Å². The predicted molar refractivity (Wildman–Crippen MR) is 77.5 cm³/mol. The summed E-state index contributed by atoms with van der Waals surface area (Å²) in [4.78, 5) is 27.8. The van der Waals surface area contributed by atoms with Crippen molar-refractivity contribution in [2.45, 2.75) is 6.92 Å². The number of hydrogen-bond donors (Lipinski definition) is 2. The second kappa shape index (κ2) is 5.24. The van der Waals surface area contributed by atoms with Crippen LogP contribution in [0.5, 0.6) is 5.75 Å². The van der Waals surface area contributed by atoms with E-state index >= 15 is 0 Å². The van der Waals surface area contributed by atoms with Gasteiger partial charge < -0.3 is 15.4 Å². The second-order valence-corrected chi connectivity index (χ2v) is 4.66. The molecule has 0 atom stereocenters. The van der Waals surface area contributed by atoms with E-state index in [-0.39, 0.29) is 18.4 Å². The highest BCUT2D eigenvalue weighted by molar-refractivity contribution is 6.12. The lowest BCUT2D eigenvalue weighted by Gasteiger charge is -2.20. The molecule has 6 nitrogen and oxygen atoms in total. The van der Waals surface area contributed by atoms with Gasteiger partial charge in [0.25, 0.3) is 11.8 Å². The Labute approximate surface area is 121 Å². The number of anilines is 2. The van der Waals surface area contributed by atoms with Gasteiger partial charge in [0.15, 0.2) is 6.61 Å². The fourth-order valence-corrected chi connectivity index (χ4v) is 2.09. The van der Waals surface area contributed by atoms with Crippen LogP contribution in [0.3, 0.4) is 0 Å². The van der Waals surface area contributed by atoms with Crippen molar-refractivity contribution in [3.05, 3.63) is 47.8 Å². The maximum absolute atomic E-state index is 12.4. The Bertz CT molecular complexity index is 728. The molecule has 0 saturated carbocycles. The van der Waals surface area contributed by atoms with E-state index in [0.717, 1.165) is 5.56 Å². The number of para-hydroxylation sites is 1. The standard InChI is InChI=1S/C15H13N3O3/c1-9-7-16-6-5-11(9)17-15(20)10-3-2-4-12-14(10)18-13(19)8-21-12/h2-7H,8H2,1H3,(H,18,19)(H,16,17,20). The third-order valence-corrected chi connectivity index (χ3v) is 3.16. The minimum Gasteiger partial charge on any atom is -0.482 e. The quantitative estimate of drug-likeness (QED) is 0.883. The number of carbonyl (C=O) groups is 2. The lowest BCUT2D eigenvalue weighted by molar-refractivity contribution is -0.118. The van der Waals surface area contributed by atoms with E-state index < -0.39 is 0 Å². The smallest absolute Gasteiger partial charge is 0.262 e. The summed E-state index contributed by atoms with van der Waals surface area (Å²) in [6.07, 6.45) is 3.27. The number of aryl methyl sites for hydroxylation is 1. The Morgan fingerprint density at radius 3 is 3.05 bits per heavy atom. The van der Waals surface area contributed by atoms with Crippen LogP contribution in [0.2, 0.25) is 0 Å².